The molecule has 0 rings (SSSR count). The van der Waals surface area contributed by atoms with Crippen LogP contribution in [-0.2, 0) is 0 Å². The van der Waals surface area contributed by atoms with E-state index in [1.54, 1.807) is 6.92 Å². The minimum Gasteiger partial charge on any atom is -0.397 e. The normalized spacial score (nSPS) is 4.50. The van der Waals surface area contributed by atoms with Gasteiger partial charge in [0.25, 0.3) is 0 Å². The zero-order chi connectivity index (χ0) is 2.71. The molecule has 0 unspecified atom stereocenters. The number of hydrogen-bond donors (Lipinski definition) is 1. The summed E-state index contributed by atoms with van der Waals surface area (Å²) in [5, 5.41) is 7.57. The molecule has 0 aromatic heterocycles. The summed E-state index contributed by atoms with van der Waals surface area (Å²) >= 11 is 0. The third-order valence-corrected chi connectivity index (χ3v) is 0. The molecule has 0 aromatic rings. The van der Waals surface area contributed by atoms with Gasteiger partial charge in [-0.05, 0) is 6.92 Å². The fraction of sp³-hybridized carbons (Fsp3) is 1.00. The zero-order valence-corrected chi connectivity index (χ0v) is 4.96. The number of rotatable bonds is 0. The third kappa shape index (κ3) is 9.62. The molecule has 1 nitrogen and oxygen atoms in total. The Morgan fingerprint density at radius 3 is 1.75 bits per heavy atom. The number of hydrogen-bond acceptors (Lipinski definition) is 1. The summed E-state index contributed by atoms with van der Waals surface area (Å²) in [5.41, 5.74) is 0. The first kappa shape index (κ1) is 9.11. The fourth-order valence-electron chi connectivity index (χ4n) is 0. The van der Waals surface area contributed by atoms with E-state index in [1.165, 1.54) is 0 Å². The Bertz CT molecular complexity index is 6.00. The van der Waals surface area contributed by atoms with Crippen LogP contribution < -0.4 is 0 Å². The van der Waals surface area contributed by atoms with Crippen molar-refractivity contribution in [2.75, 3.05) is 6.61 Å². The summed E-state index contributed by atoms with van der Waals surface area (Å²) in [4.78, 5) is 0. The van der Waals surface area contributed by atoms with E-state index in [0.717, 1.165) is 0 Å². The van der Waals surface area contributed by atoms with Gasteiger partial charge in [0.1, 0.15) is 0 Å². The van der Waals surface area contributed by atoms with Crippen LogP contribution in [0, 0.1) is 49.4 Å². The smallest absolute Gasteiger partial charge is 0.0402 e. The molecule has 0 amide bonds. The van der Waals surface area contributed by atoms with Crippen LogP contribution in [-0.4, -0.2) is 11.7 Å². The van der Waals surface area contributed by atoms with Crippen molar-refractivity contribution in [1.29, 1.82) is 0 Å². The summed E-state index contributed by atoms with van der Waals surface area (Å²) < 4.78 is 0. The van der Waals surface area contributed by atoms with Crippen molar-refractivity contribution in [2.24, 2.45) is 0 Å². The van der Waals surface area contributed by atoms with E-state index >= 15 is 0 Å². The van der Waals surface area contributed by atoms with Crippen LogP contribution in [0.2, 0.25) is 0 Å². The minimum absolute atomic E-state index is 0. The molecule has 0 bridgehead atoms. The standard InChI is InChI=1S/C2H6O.Eu/c1-2-3;/h3H,2H2,1H3;. The Labute approximate surface area is 66.9 Å². The van der Waals surface area contributed by atoms with E-state index in [1.807, 2.05) is 0 Å². The number of aliphatic hydroxyl groups excluding tert-OH is 1. The van der Waals surface area contributed by atoms with Crippen LogP contribution >= 0.6 is 0 Å². The molecular formula is C2H6EuO. The molecule has 0 aliphatic heterocycles. The van der Waals surface area contributed by atoms with E-state index in [9.17, 15) is 0 Å². The topological polar surface area (TPSA) is 20.2 Å². The Kier molecular flexibility index (Phi) is 20.1. The maximum absolute atomic E-state index is 7.57. The first-order valence-electron chi connectivity index (χ1n) is 1.02. The zero-order valence-electron chi connectivity index (χ0n) is 2.53. The van der Waals surface area contributed by atoms with Gasteiger partial charge < -0.3 is 5.11 Å². The molecule has 1 N–H and O–H groups in total. The van der Waals surface area contributed by atoms with E-state index in [-0.39, 0.29) is 56.0 Å². The van der Waals surface area contributed by atoms with Crippen molar-refractivity contribution in [3.05, 3.63) is 0 Å². The average Bonchev–Trinajstić information content (AvgIpc) is 0.918. The summed E-state index contributed by atoms with van der Waals surface area (Å²) in [6, 6.07) is 0. The van der Waals surface area contributed by atoms with Gasteiger partial charge in [0.15, 0.2) is 0 Å². The SMILES string of the molecule is CCO.[Eu]. The molecule has 2 heteroatoms. The average molecular weight is 198 g/mol. The van der Waals surface area contributed by atoms with Crippen LogP contribution in [0.5, 0.6) is 0 Å². The molecule has 0 aromatic carbocycles. The van der Waals surface area contributed by atoms with Crippen LogP contribution in [0.1, 0.15) is 6.92 Å². The van der Waals surface area contributed by atoms with Crippen LogP contribution in [0.4, 0.5) is 0 Å². The summed E-state index contributed by atoms with van der Waals surface area (Å²) in [6.07, 6.45) is 0. The van der Waals surface area contributed by atoms with Crippen molar-refractivity contribution in [1.82, 2.24) is 0 Å². The summed E-state index contributed by atoms with van der Waals surface area (Å²) in [5.74, 6) is 0. The van der Waals surface area contributed by atoms with Gasteiger partial charge in [-0.3, -0.25) is 0 Å². The molecule has 1 radical (unpaired) electrons. The Morgan fingerprint density at radius 1 is 1.75 bits per heavy atom. The van der Waals surface area contributed by atoms with Gasteiger partial charge in [0.05, 0.1) is 0 Å². The molecular weight excluding hydrogens is 192 g/mol. The molecule has 0 atom stereocenters. The van der Waals surface area contributed by atoms with Gasteiger partial charge in [-0.1, -0.05) is 0 Å². The van der Waals surface area contributed by atoms with Crippen LogP contribution in [0.15, 0.2) is 0 Å². The van der Waals surface area contributed by atoms with Crippen molar-refractivity contribution in [3.8, 4) is 0 Å². The molecule has 0 saturated carbocycles. The monoisotopic (exact) mass is 199 g/mol. The van der Waals surface area contributed by atoms with E-state index in [2.05, 4.69) is 0 Å². The van der Waals surface area contributed by atoms with Crippen LogP contribution in [0.25, 0.3) is 0 Å². The van der Waals surface area contributed by atoms with E-state index in [0.29, 0.717) is 0 Å². The van der Waals surface area contributed by atoms with Gasteiger partial charge in [0.2, 0.25) is 0 Å². The van der Waals surface area contributed by atoms with Crippen molar-refractivity contribution in [3.63, 3.8) is 0 Å². The fourth-order valence-corrected chi connectivity index (χ4v) is 0. The summed E-state index contributed by atoms with van der Waals surface area (Å²) in [6.45, 7) is 1.93. The maximum Gasteiger partial charge on any atom is 0.0402 e. The number of aliphatic hydroxyl groups is 1. The van der Waals surface area contributed by atoms with Gasteiger partial charge in [-0.2, -0.15) is 0 Å². The van der Waals surface area contributed by atoms with Crippen molar-refractivity contribution >= 4 is 0 Å². The van der Waals surface area contributed by atoms with E-state index in [4.69, 9.17) is 5.11 Å². The second-order valence-electron chi connectivity index (χ2n) is 0.316. The van der Waals surface area contributed by atoms with Gasteiger partial charge in [-0.25, -0.2) is 0 Å². The van der Waals surface area contributed by atoms with Gasteiger partial charge in [-0.15, -0.1) is 0 Å². The quantitative estimate of drug-likeness (QED) is 0.580. The van der Waals surface area contributed by atoms with Gasteiger partial charge >= 0.3 is 0 Å². The van der Waals surface area contributed by atoms with Crippen LogP contribution in [0.3, 0.4) is 0 Å². The van der Waals surface area contributed by atoms with E-state index < -0.39 is 0 Å². The predicted octanol–water partition coefficient (Wildman–Crippen LogP) is -0.00140. The largest absolute Gasteiger partial charge is 0.397 e. The minimum atomic E-state index is 0. The first-order chi connectivity index (χ1) is 1.41. The van der Waals surface area contributed by atoms with Gasteiger partial charge in [0, 0.05) is 56.0 Å². The molecule has 0 aliphatic carbocycles. The molecule has 0 aliphatic rings. The molecule has 27 valence electrons. The second kappa shape index (κ2) is 8.82. The van der Waals surface area contributed by atoms with Crippen molar-refractivity contribution < 1.29 is 54.5 Å². The first-order valence-corrected chi connectivity index (χ1v) is 1.02. The Hall–Kier alpha value is 1.54. The third-order valence-electron chi connectivity index (χ3n) is 0. The molecule has 0 fully saturated rings. The Balaban J connectivity index is 0. The molecule has 0 spiro atoms. The maximum atomic E-state index is 7.57. The molecule has 0 heterocycles. The molecule has 4 heavy (non-hydrogen) atoms. The molecule has 0 saturated heterocycles. The second-order valence-corrected chi connectivity index (χ2v) is 0.316. The van der Waals surface area contributed by atoms with Crippen molar-refractivity contribution in [2.45, 2.75) is 6.92 Å². The Morgan fingerprint density at radius 2 is 1.75 bits per heavy atom. The predicted molar refractivity (Wildman–Crippen MR) is 12.8 cm³/mol. The summed E-state index contributed by atoms with van der Waals surface area (Å²) in [7, 11) is 0.